The Bertz CT molecular complexity index is 410. The van der Waals surface area contributed by atoms with Gasteiger partial charge in [0.15, 0.2) is 0 Å². The summed E-state index contributed by atoms with van der Waals surface area (Å²) >= 11 is 0. The molecule has 0 aliphatic carbocycles. The predicted octanol–water partition coefficient (Wildman–Crippen LogP) is 3.51. The zero-order valence-corrected chi connectivity index (χ0v) is 12.0. The van der Waals surface area contributed by atoms with E-state index in [0.29, 0.717) is 12.0 Å². The summed E-state index contributed by atoms with van der Waals surface area (Å²) in [5, 5.41) is 10.0. The van der Waals surface area contributed by atoms with Gasteiger partial charge in [0.2, 0.25) is 0 Å². The van der Waals surface area contributed by atoms with E-state index in [9.17, 15) is 13.9 Å². The van der Waals surface area contributed by atoms with Gasteiger partial charge in [0, 0.05) is 12.6 Å². The molecule has 1 aliphatic rings. The van der Waals surface area contributed by atoms with E-state index in [2.05, 4.69) is 11.8 Å². The molecule has 0 amide bonds. The average molecular weight is 283 g/mol. The van der Waals surface area contributed by atoms with Crippen LogP contribution in [0.15, 0.2) is 18.2 Å². The number of hydrogen-bond donors (Lipinski definition) is 1. The number of piperidine rings is 1. The molecule has 1 aliphatic heterocycles. The molecule has 4 heteroatoms. The van der Waals surface area contributed by atoms with Crippen LogP contribution >= 0.6 is 0 Å². The molecule has 2 rings (SSSR count). The van der Waals surface area contributed by atoms with Gasteiger partial charge in [-0.1, -0.05) is 13.3 Å². The number of rotatable bonds is 5. The molecule has 1 unspecified atom stereocenters. The number of halogens is 2. The Morgan fingerprint density at radius 3 is 2.35 bits per heavy atom. The molecule has 0 spiro atoms. The Morgan fingerprint density at radius 2 is 1.80 bits per heavy atom. The van der Waals surface area contributed by atoms with E-state index < -0.39 is 17.7 Å². The zero-order valence-electron chi connectivity index (χ0n) is 12.0. The number of benzene rings is 1. The first-order chi connectivity index (χ1) is 9.58. The van der Waals surface area contributed by atoms with Gasteiger partial charge in [0.25, 0.3) is 0 Å². The summed E-state index contributed by atoms with van der Waals surface area (Å²) in [6.45, 7) is 5.11. The first kappa shape index (κ1) is 15.4. The quantitative estimate of drug-likeness (QED) is 0.894. The SMILES string of the molecule is CCC1CCN(CCC(O)c2cc(F)cc(F)c2)CC1. The third-order valence-corrected chi connectivity index (χ3v) is 4.27. The average Bonchev–Trinajstić information content (AvgIpc) is 2.44. The van der Waals surface area contributed by atoms with E-state index in [1.165, 1.54) is 31.4 Å². The molecule has 0 bridgehead atoms. The van der Waals surface area contributed by atoms with Crippen LogP contribution in [0, 0.1) is 17.6 Å². The zero-order chi connectivity index (χ0) is 14.5. The van der Waals surface area contributed by atoms with Crippen molar-refractivity contribution in [2.75, 3.05) is 19.6 Å². The van der Waals surface area contributed by atoms with Crippen LogP contribution in [0.4, 0.5) is 8.78 Å². The topological polar surface area (TPSA) is 23.5 Å². The molecule has 1 aromatic carbocycles. The van der Waals surface area contributed by atoms with E-state index in [1.807, 2.05) is 0 Å². The van der Waals surface area contributed by atoms with Crippen molar-refractivity contribution in [2.24, 2.45) is 5.92 Å². The minimum absolute atomic E-state index is 0.325. The van der Waals surface area contributed by atoms with Gasteiger partial charge in [-0.05, 0) is 56.0 Å². The van der Waals surface area contributed by atoms with Crippen LogP contribution in [0.2, 0.25) is 0 Å². The summed E-state index contributed by atoms with van der Waals surface area (Å²) in [5.74, 6) is -0.445. The summed E-state index contributed by atoms with van der Waals surface area (Å²) in [7, 11) is 0. The monoisotopic (exact) mass is 283 g/mol. The van der Waals surface area contributed by atoms with Crippen LogP contribution in [0.5, 0.6) is 0 Å². The van der Waals surface area contributed by atoms with Gasteiger partial charge in [0.05, 0.1) is 6.10 Å². The molecule has 2 nitrogen and oxygen atoms in total. The highest BCUT2D eigenvalue weighted by Gasteiger charge is 2.19. The van der Waals surface area contributed by atoms with Gasteiger partial charge >= 0.3 is 0 Å². The van der Waals surface area contributed by atoms with Crippen molar-refractivity contribution in [3.8, 4) is 0 Å². The van der Waals surface area contributed by atoms with Gasteiger partial charge < -0.3 is 10.0 Å². The molecule has 1 saturated heterocycles. The van der Waals surface area contributed by atoms with Crippen LogP contribution in [0.1, 0.15) is 44.3 Å². The maximum atomic E-state index is 13.1. The Hall–Kier alpha value is -1.00. The standard InChI is InChI=1S/C16H23F2NO/c1-2-12-3-6-19(7-4-12)8-5-16(20)13-9-14(17)11-15(18)10-13/h9-12,16,20H,2-8H2,1H3. The molecule has 0 radical (unpaired) electrons. The van der Waals surface area contributed by atoms with Crippen molar-refractivity contribution < 1.29 is 13.9 Å². The lowest BCUT2D eigenvalue weighted by atomic mass is 9.94. The van der Waals surface area contributed by atoms with Gasteiger partial charge in [-0.25, -0.2) is 8.78 Å². The molecule has 1 aromatic rings. The van der Waals surface area contributed by atoms with Crippen LogP contribution in [0.3, 0.4) is 0 Å². The van der Waals surface area contributed by atoms with E-state index in [0.717, 1.165) is 31.6 Å². The maximum absolute atomic E-state index is 13.1. The fraction of sp³-hybridized carbons (Fsp3) is 0.625. The summed E-state index contributed by atoms with van der Waals surface area (Å²) in [6.07, 6.45) is 3.37. The van der Waals surface area contributed by atoms with Crippen LogP contribution in [-0.4, -0.2) is 29.6 Å². The number of hydrogen-bond acceptors (Lipinski definition) is 2. The lowest BCUT2D eigenvalue weighted by Crippen LogP contribution is -2.34. The molecule has 0 saturated carbocycles. The predicted molar refractivity (Wildman–Crippen MR) is 75.4 cm³/mol. The molecular formula is C16H23F2NO. The maximum Gasteiger partial charge on any atom is 0.126 e. The van der Waals surface area contributed by atoms with Crippen molar-refractivity contribution in [1.29, 1.82) is 0 Å². The van der Waals surface area contributed by atoms with Crippen LogP contribution < -0.4 is 0 Å². The van der Waals surface area contributed by atoms with E-state index in [-0.39, 0.29) is 0 Å². The third kappa shape index (κ3) is 4.25. The van der Waals surface area contributed by atoms with Gasteiger partial charge in [-0.2, -0.15) is 0 Å². The van der Waals surface area contributed by atoms with E-state index in [4.69, 9.17) is 0 Å². The first-order valence-electron chi connectivity index (χ1n) is 7.45. The summed E-state index contributed by atoms with van der Waals surface area (Å²) < 4.78 is 26.2. The molecule has 1 atom stereocenters. The summed E-state index contributed by atoms with van der Waals surface area (Å²) in [5.41, 5.74) is 0.325. The Morgan fingerprint density at radius 1 is 1.20 bits per heavy atom. The Balaban J connectivity index is 1.81. The molecule has 1 heterocycles. The van der Waals surface area contributed by atoms with Crippen molar-refractivity contribution in [1.82, 2.24) is 4.90 Å². The molecule has 1 fully saturated rings. The number of nitrogens with zero attached hydrogens (tertiary/aromatic N) is 1. The molecule has 112 valence electrons. The van der Waals surface area contributed by atoms with Gasteiger partial charge in [0.1, 0.15) is 11.6 Å². The highest BCUT2D eigenvalue weighted by molar-refractivity contribution is 5.20. The number of likely N-dealkylation sites (tertiary alicyclic amines) is 1. The summed E-state index contributed by atoms with van der Waals surface area (Å²) in [4.78, 5) is 2.32. The number of aliphatic hydroxyl groups is 1. The minimum atomic E-state index is -0.802. The van der Waals surface area contributed by atoms with Crippen molar-refractivity contribution in [3.05, 3.63) is 35.4 Å². The molecule has 0 aromatic heterocycles. The van der Waals surface area contributed by atoms with E-state index >= 15 is 0 Å². The first-order valence-corrected chi connectivity index (χ1v) is 7.45. The van der Waals surface area contributed by atoms with E-state index in [1.54, 1.807) is 0 Å². The number of aliphatic hydroxyl groups excluding tert-OH is 1. The third-order valence-electron chi connectivity index (χ3n) is 4.27. The van der Waals surface area contributed by atoms with Crippen LogP contribution in [-0.2, 0) is 0 Å². The smallest absolute Gasteiger partial charge is 0.126 e. The summed E-state index contributed by atoms with van der Waals surface area (Å²) in [6, 6.07) is 3.24. The second kappa shape index (κ2) is 7.14. The highest BCUT2D eigenvalue weighted by atomic mass is 19.1. The minimum Gasteiger partial charge on any atom is -0.388 e. The van der Waals surface area contributed by atoms with Gasteiger partial charge in [-0.3, -0.25) is 0 Å². The second-order valence-corrected chi connectivity index (χ2v) is 5.70. The Kier molecular flexibility index (Phi) is 5.49. The lowest BCUT2D eigenvalue weighted by Gasteiger charge is -2.31. The molecule has 20 heavy (non-hydrogen) atoms. The Labute approximate surface area is 119 Å². The fourth-order valence-electron chi connectivity index (χ4n) is 2.86. The van der Waals surface area contributed by atoms with Crippen molar-refractivity contribution in [2.45, 2.75) is 38.7 Å². The molecule has 1 N–H and O–H groups in total. The fourth-order valence-corrected chi connectivity index (χ4v) is 2.86. The largest absolute Gasteiger partial charge is 0.388 e. The van der Waals surface area contributed by atoms with Crippen LogP contribution in [0.25, 0.3) is 0 Å². The molecular weight excluding hydrogens is 260 g/mol. The van der Waals surface area contributed by atoms with Gasteiger partial charge in [-0.15, -0.1) is 0 Å². The van der Waals surface area contributed by atoms with Crippen molar-refractivity contribution in [3.63, 3.8) is 0 Å². The lowest BCUT2D eigenvalue weighted by molar-refractivity contribution is 0.122. The van der Waals surface area contributed by atoms with Crippen molar-refractivity contribution >= 4 is 0 Å². The second-order valence-electron chi connectivity index (χ2n) is 5.70. The highest BCUT2D eigenvalue weighted by Crippen LogP contribution is 2.23. The normalized spacial score (nSPS) is 19.2.